The van der Waals surface area contributed by atoms with Crippen LogP contribution in [-0.4, -0.2) is 70.9 Å². The number of hydrogen-bond donors (Lipinski definition) is 0. The zero-order valence-corrected chi connectivity index (χ0v) is 22.1. The normalized spacial score (nSPS) is 19.7. The number of methoxy groups -OCH3 is 1. The van der Waals surface area contributed by atoms with Gasteiger partial charge in [-0.3, -0.25) is 0 Å². The standard InChI is InChI=1S/C27H32F3N7O2/c1-34-8-3-4-18(34)16-39-26-32-23-15-35(24-12-20(38-2)5-6-22(24)27(28,29)30)9-7-21(23)25(33-26)36-10-11-37-17-31-13-19(37)14-36/h5-6,12-13,17-18H,3-4,7-11,14-16H2,1-2H3/t18-/m0/s1. The lowest BCUT2D eigenvalue weighted by atomic mass is 10.0. The molecule has 6 rings (SSSR count). The summed E-state index contributed by atoms with van der Waals surface area (Å²) >= 11 is 0. The second-order valence-electron chi connectivity index (χ2n) is 10.4. The number of nitrogens with zero attached hydrogens (tertiary/aromatic N) is 7. The third-order valence-corrected chi connectivity index (χ3v) is 8.01. The minimum absolute atomic E-state index is 0.0876. The van der Waals surface area contributed by atoms with Gasteiger partial charge in [0.25, 0.3) is 0 Å². The molecule has 1 fully saturated rings. The Balaban J connectivity index is 1.34. The molecule has 0 saturated carbocycles. The highest BCUT2D eigenvalue weighted by molar-refractivity contribution is 5.61. The lowest BCUT2D eigenvalue weighted by Crippen LogP contribution is -2.38. The minimum Gasteiger partial charge on any atom is -0.497 e. The van der Waals surface area contributed by atoms with Crippen molar-refractivity contribution in [1.82, 2.24) is 24.4 Å². The fraction of sp³-hybridized carbons (Fsp3) is 0.519. The predicted molar refractivity (Wildman–Crippen MR) is 139 cm³/mol. The fourth-order valence-corrected chi connectivity index (χ4v) is 5.79. The van der Waals surface area contributed by atoms with E-state index in [4.69, 9.17) is 19.4 Å². The van der Waals surface area contributed by atoms with E-state index in [1.54, 1.807) is 4.90 Å². The van der Waals surface area contributed by atoms with Crippen LogP contribution >= 0.6 is 0 Å². The number of rotatable bonds is 6. The van der Waals surface area contributed by atoms with Crippen LogP contribution in [-0.2, 0) is 32.2 Å². The maximum Gasteiger partial charge on any atom is 0.418 e. The number of hydrogen-bond acceptors (Lipinski definition) is 8. The number of alkyl halides is 3. The second-order valence-corrected chi connectivity index (χ2v) is 10.4. The molecule has 0 aliphatic carbocycles. The maximum atomic E-state index is 13.9. The van der Waals surface area contributed by atoms with E-state index < -0.39 is 11.7 Å². The molecule has 3 aliphatic rings. The Morgan fingerprint density at radius 3 is 2.69 bits per heavy atom. The Hall–Kier alpha value is -3.54. The molecule has 1 atom stereocenters. The smallest absolute Gasteiger partial charge is 0.418 e. The molecule has 2 aromatic heterocycles. The van der Waals surface area contributed by atoms with Crippen molar-refractivity contribution in [2.45, 2.75) is 51.1 Å². The van der Waals surface area contributed by atoms with Crippen molar-refractivity contribution >= 4 is 11.5 Å². The first-order valence-corrected chi connectivity index (χ1v) is 13.3. The molecule has 0 spiro atoms. The van der Waals surface area contributed by atoms with Gasteiger partial charge in [0.1, 0.15) is 18.2 Å². The van der Waals surface area contributed by atoms with Crippen LogP contribution in [0.15, 0.2) is 30.7 Å². The fourth-order valence-electron chi connectivity index (χ4n) is 5.79. The summed E-state index contributed by atoms with van der Waals surface area (Å²) in [6.45, 7) is 4.29. The number of aromatic nitrogens is 4. The lowest BCUT2D eigenvalue weighted by Gasteiger charge is -2.36. The number of ether oxygens (including phenoxy) is 2. The molecule has 3 aliphatic heterocycles. The summed E-state index contributed by atoms with van der Waals surface area (Å²) in [6, 6.07) is 4.44. The van der Waals surface area contributed by atoms with E-state index in [0.29, 0.717) is 43.6 Å². The third kappa shape index (κ3) is 5.09. The van der Waals surface area contributed by atoms with E-state index in [1.807, 2.05) is 12.5 Å². The van der Waals surface area contributed by atoms with Gasteiger partial charge in [0, 0.05) is 43.5 Å². The number of imidazole rings is 1. The molecule has 0 bridgehead atoms. The van der Waals surface area contributed by atoms with Crippen molar-refractivity contribution in [3.63, 3.8) is 0 Å². The summed E-state index contributed by atoms with van der Waals surface area (Å²) in [7, 11) is 3.54. The molecular weight excluding hydrogens is 511 g/mol. The van der Waals surface area contributed by atoms with Gasteiger partial charge < -0.3 is 28.7 Å². The molecule has 3 aromatic rings. The number of halogens is 3. The van der Waals surface area contributed by atoms with E-state index in [0.717, 1.165) is 55.6 Å². The summed E-state index contributed by atoms with van der Waals surface area (Å²) in [6.07, 6.45) is 1.89. The molecule has 12 heteroatoms. The van der Waals surface area contributed by atoms with Crippen molar-refractivity contribution in [3.05, 3.63) is 53.2 Å². The van der Waals surface area contributed by atoms with Gasteiger partial charge in [0.2, 0.25) is 0 Å². The SMILES string of the molecule is COc1ccc(C(F)(F)F)c(N2CCc3c(nc(OC[C@@H]4CCCN4C)nc3N3CCn4cncc4C3)C2)c1. The highest BCUT2D eigenvalue weighted by atomic mass is 19.4. The van der Waals surface area contributed by atoms with Crippen LogP contribution in [0.5, 0.6) is 11.8 Å². The van der Waals surface area contributed by atoms with Gasteiger partial charge in [-0.25, -0.2) is 4.98 Å². The highest BCUT2D eigenvalue weighted by Crippen LogP contribution is 2.41. The first-order chi connectivity index (χ1) is 18.8. The first kappa shape index (κ1) is 25.7. The molecule has 0 radical (unpaired) electrons. The molecule has 1 saturated heterocycles. The van der Waals surface area contributed by atoms with E-state index in [-0.39, 0.29) is 18.2 Å². The maximum absolute atomic E-state index is 13.9. The van der Waals surface area contributed by atoms with Crippen molar-refractivity contribution in [2.24, 2.45) is 0 Å². The zero-order valence-electron chi connectivity index (χ0n) is 22.1. The number of benzene rings is 1. The van der Waals surface area contributed by atoms with Crippen molar-refractivity contribution in [1.29, 1.82) is 0 Å². The van der Waals surface area contributed by atoms with E-state index in [1.165, 1.54) is 19.2 Å². The Kier molecular flexibility index (Phi) is 6.74. The van der Waals surface area contributed by atoms with Crippen LogP contribution in [0.4, 0.5) is 24.7 Å². The van der Waals surface area contributed by atoms with Gasteiger partial charge in [-0.15, -0.1) is 0 Å². The van der Waals surface area contributed by atoms with Gasteiger partial charge in [-0.1, -0.05) is 0 Å². The average molecular weight is 544 g/mol. The zero-order chi connectivity index (χ0) is 27.1. The number of fused-ring (bicyclic) bond motifs is 2. The second kappa shape index (κ2) is 10.2. The molecule has 1 aromatic carbocycles. The van der Waals surface area contributed by atoms with Crippen LogP contribution in [0, 0.1) is 0 Å². The molecule has 0 amide bonds. The van der Waals surface area contributed by atoms with E-state index >= 15 is 0 Å². The van der Waals surface area contributed by atoms with Gasteiger partial charge in [0.15, 0.2) is 0 Å². The first-order valence-electron chi connectivity index (χ1n) is 13.3. The van der Waals surface area contributed by atoms with Gasteiger partial charge in [-0.2, -0.15) is 23.1 Å². The predicted octanol–water partition coefficient (Wildman–Crippen LogP) is 3.76. The van der Waals surface area contributed by atoms with Gasteiger partial charge >= 0.3 is 12.2 Å². The van der Waals surface area contributed by atoms with Crippen LogP contribution in [0.2, 0.25) is 0 Å². The summed E-state index contributed by atoms with van der Waals surface area (Å²) in [5.74, 6) is 1.17. The Labute approximate surface area is 225 Å². The Bertz CT molecular complexity index is 1350. The number of likely N-dealkylation sites (N-methyl/N-ethyl adjacent to an activating group) is 1. The Morgan fingerprint density at radius 1 is 1.05 bits per heavy atom. The Morgan fingerprint density at radius 2 is 1.92 bits per heavy atom. The van der Waals surface area contributed by atoms with Crippen LogP contribution in [0.1, 0.15) is 35.4 Å². The quantitative estimate of drug-likeness (QED) is 0.466. The largest absolute Gasteiger partial charge is 0.497 e. The molecule has 9 nitrogen and oxygen atoms in total. The van der Waals surface area contributed by atoms with E-state index in [2.05, 4.69) is 26.4 Å². The topological polar surface area (TPSA) is 71.8 Å². The highest BCUT2D eigenvalue weighted by Gasteiger charge is 2.37. The summed E-state index contributed by atoms with van der Waals surface area (Å²) in [4.78, 5) is 20.1. The molecule has 39 heavy (non-hydrogen) atoms. The lowest BCUT2D eigenvalue weighted by molar-refractivity contribution is -0.137. The minimum atomic E-state index is -4.49. The summed E-state index contributed by atoms with van der Waals surface area (Å²) in [5, 5.41) is 0. The average Bonchev–Trinajstić information content (AvgIpc) is 3.58. The molecule has 0 N–H and O–H groups in total. The van der Waals surface area contributed by atoms with Crippen molar-refractivity contribution in [2.75, 3.05) is 50.2 Å². The van der Waals surface area contributed by atoms with Crippen molar-refractivity contribution < 1.29 is 22.6 Å². The molecule has 5 heterocycles. The van der Waals surface area contributed by atoms with Crippen molar-refractivity contribution in [3.8, 4) is 11.8 Å². The molecular formula is C27H32F3N7O2. The van der Waals surface area contributed by atoms with Crippen LogP contribution < -0.4 is 19.3 Å². The number of anilines is 2. The van der Waals surface area contributed by atoms with Gasteiger partial charge in [-0.05, 0) is 45.0 Å². The number of likely N-dealkylation sites (tertiary alicyclic amines) is 1. The van der Waals surface area contributed by atoms with Crippen LogP contribution in [0.3, 0.4) is 0 Å². The third-order valence-electron chi connectivity index (χ3n) is 8.01. The molecule has 0 unspecified atom stereocenters. The van der Waals surface area contributed by atoms with E-state index in [9.17, 15) is 13.2 Å². The summed E-state index contributed by atoms with van der Waals surface area (Å²) in [5.41, 5.74) is 2.14. The molecule has 208 valence electrons. The van der Waals surface area contributed by atoms with Gasteiger partial charge in [0.05, 0.1) is 49.2 Å². The monoisotopic (exact) mass is 543 g/mol. The van der Waals surface area contributed by atoms with Crippen LogP contribution in [0.25, 0.3) is 0 Å². The summed E-state index contributed by atoms with van der Waals surface area (Å²) < 4.78 is 55.4.